The zero-order chi connectivity index (χ0) is 13.1. The molecule has 0 heterocycles. The van der Waals surface area contributed by atoms with Gasteiger partial charge in [0.25, 0.3) is 0 Å². The Hall–Kier alpha value is -1.35. The van der Waals surface area contributed by atoms with Crippen molar-refractivity contribution in [3.63, 3.8) is 0 Å². The van der Waals surface area contributed by atoms with Crippen molar-refractivity contribution in [2.24, 2.45) is 0 Å². The van der Waals surface area contributed by atoms with Crippen LogP contribution in [0.4, 0.5) is 5.69 Å². The molecule has 0 aromatic heterocycles. The maximum atomic E-state index is 11.9. The molecular weight excluding hydrogens is 224 g/mol. The maximum Gasteiger partial charge on any atom is 0.241 e. The Morgan fingerprint density at radius 1 is 1.17 bits per heavy atom. The van der Waals surface area contributed by atoms with Gasteiger partial charge in [-0.3, -0.25) is 4.79 Å². The molecule has 18 heavy (non-hydrogen) atoms. The molecule has 0 aliphatic heterocycles. The van der Waals surface area contributed by atoms with E-state index in [9.17, 15) is 4.79 Å². The number of rotatable bonds is 5. The lowest BCUT2D eigenvalue weighted by Gasteiger charge is -2.14. The summed E-state index contributed by atoms with van der Waals surface area (Å²) >= 11 is 0. The lowest BCUT2D eigenvalue weighted by molar-refractivity contribution is -0.117. The summed E-state index contributed by atoms with van der Waals surface area (Å²) in [5.74, 6) is 0.560. The van der Waals surface area contributed by atoms with Gasteiger partial charge >= 0.3 is 0 Å². The molecule has 0 radical (unpaired) electrons. The normalized spacial score (nSPS) is 16.7. The number of benzene rings is 1. The summed E-state index contributed by atoms with van der Waals surface area (Å²) in [6.07, 6.45) is 2.39. The highest BCUT2D eigenvalue weighted by molar-refractivity contribution is 5.94. The van der Waals surface area contributed by atoms with Gasteiger partial charge in [0.2, 0.25) is 5.91 Å². The number of nitrogens with one attached hydrogen (secondary N) is 2. The average molecular weight is 246 g/mol. The first kappa shape index (κ1) is 13.1. The second-order valence-corrected chi connectivity index (χ2v) is 5.43. The van der Waals surface area contributed by atoms with Crippen molar-refractivity contribution in [3.05, 3.63) is 29.8 Å². The summed E-state index contributed by atoms with van der Waals surface area (Å²) in [6, 6.07) is 8.50. The number of carbonyl (C=O) groups is 1. The molecule has 1 saturated carbocycles. The molecule has 3 heteroatoms. The molecule has 1 aromatic rings. The van der Waals surface area contributed by atoms with Crippen LogP contribution in [0.25, 0.3) is 0 Å². The Labute approximate surface area is 109 Å². The van der Waals surface area contributed by atoms with Crippen molar-refractivity contribution < 1.29 is 4.79 Å². The second-order valence-electron chi connectivity index (χ2n) is 5.43. The van der Waals surface area contributed by atoms with Gasteiger partial charge in [-0.05, 0) is 43.4 Å². The maximum absolute atomic E-state index is 11.9. The highest BCUT2D eigenvalue weighted by Gasteiger charge is 2.25. The predicted octanol–water partition coefficient (Wildman–Crippen LogP) is 2.89. The van der Waals surface area contributed by atoms with Gasteiger partial charge in [0, 0.05) is 11.7 Å². The third kappa shape index (κ3) is 3.57. The van der Waals surface area contributed by atoms with Gasteiger partial charge in [-0.25, -0.2) is 0 Å². The summed E-state index contributed by atoms with van der Waals surface area (Å²) in [5.41, 5.74) is 2.16. The van der Waals surface area contributed by atoms with Crippen LogP contribution in [-0.2, 0) is 4.79 Å². The Balaban J connectivity index is 1.89. The highest BCUT2D eigenvalue weighted by atomic mass is 16.2. The number of hydrogen-bond acceptors (Lipinski definition) is 2. The van der Waals surface area contributed by atoms with Gasteiger partial charge in [-0.1, -0.05) is 26.0 Å². The van der Waals surface area contributed by atoms with Crippen LogP contribution in [0.5, 0.6) is 0 Å². The minimum atomic E-state index is -0.123. The van der Waals surface area contributed by atoms with Crippen molar-refractivity contribution in [1.29, 1.82) is 0 Å². The Bertz CT molecular complexity index is 407. The van der Waals surface area contributed by atoms with Crippen LogP contribution in [0.3, 0.4) is 0 Å². The molecule has 1 aliphatic carbocycles. The van der Waals surface area contributed by atoms with E-state index in [1.807, 2.05) is 19.1 Å². The van der Waals surface area contributed by atoms with Gasteiger partial charge in [0.15, 0.2) is 0 Å². The SMILES string of the molecule is CC(NC1CC1)C(=O)Nc1ccc(C(C)C)cc1. The number of hydrogen-bond donors (Lipinski definition) is 2. The van der Waals surface area contributed by atoms with Gasteiger partial charge in [0.05, 0.1) is 6.04 Å². The molecule has 1 fully saturated rings. The topological polar surface area (TPSA) is 41.1 Å². The molecule has 1 aromatic carbocycles. The minimum absolute atomic E-state index is 0.0409. The fourth-order valence-electron chi connectivity index (χ4n) is 1.88. The van der Waals surface area contributed by atoms with E-state index in [1.165, 1.54) is 18.4 Å². The van der Waals surface area contributed by atoms with E-state index in [0.29, 0.717) is 12.0 Å². The molecule has 1 amide bonds. The van der Waals surface area contributed by atoms with E-state index in [1.54, 1.807) is 0 Å². The van der Waals surface area contributed by atoms with Crippen molar-refractivity contribution in [2.75, 3.05) is 5.32 Å². The van der Waals surface area contributed by atoms with Gasteiger partial charge in [0.1, 0.15) is 0 Å². The van der Waals surface area contributed by atoms with Crippen LogP contribution < -0.4 is 10.6 Å². The predicted molar refractivity (Wildman–Crippen MR) is 74.8 cm³/mol. The van der Waals surface area contributed by atoms with Gasteiger partial charge in [-0.2, -0.15) is 0 Å². The number of amides is 1. The largest absolute Gasteiger partial charge is 0.325 e. The minimum Gasteiger partial charge on any atom is -0.325 e. The number of anilines is 1. The molecule has 1 atom stereocenters. The lowest BCUT2D eigenvalue weighted by atomic mass is 10.0. The summed E-state index contributed by atoms with van der Waals surface area (Å²) in [5, 5.41) is 6.23. The molecule has 98 valence electrons. The molecule has 1 aliphatic rings. The standard InChI is InChI=1S/C15H22N2O/c1-10(2)12-4-6-14(7-5-12)17-15(18)11(3)16-13-8-9-13/h4-7,10-11,13,16H,8-9H2,1-3H3,(H,17,18). The molecule has 0 spiro atoms. The van der Waals surface area contributed by atoms with Gasteiger partial charge < -0.3 is 10.6 Å². The van der Waals surface area contributed by atoms with Crippen molar-refractivity contribution in [2.45, 2.75) is 51.6 Å². The van der Waals surface area contributed by atoms with E-state index in [4.69, 9.17) is 0 Å². The molecule has 3 nitrogen and oxygen atoms in total. The quantitative estimate of drug-likeness (QED) is 0.838. The van der Waals surface area contributed by atoms with Crippen LogP contribution in [0, 0.1) is 0 Å². The van der Waals surface area contributed by atoms with E-state index in [0.717, 1.165) is 5.69 Å². The first-order valence-electron chi connectivity index (χ1n) is 6.73. The molecule has 0 saturated heterocycles. The fourth-order valence-corrected chi connectivity index (χ4v) is 1.88. The third-order valence-corrected chi connectivity index (χ3v) is 3.30. The Morgan fingerprint density at radius 3 is 2.28 bits per heavy atom. The van der Waals surface area contributed by atoms with E-state index in [2.05, 4.69) is 36.6 Å². The Morgan fingerprint density at radius 2 is 1.78 bits per heavy atom. The summed E-state index contributed by atoms with van der Waals surface area (Å²) in [7, 11) is 0. The third-order valence-electron chi connectivity index (χ3n) is 3.30. The van der Waals surface area contributed by atoms with Crippen LogP contribution in [0.1, 0.15) is 45.1 Å². The van der Waals surface area contributed by atoms with Crippen molar-refractivity contribution >= 4 is 11.6 Å². The van der Waals surface area contributed by atoms with Crippen LogP contribution in [0.15, 0.2) is 24.3 Å². The average Bonchev–Trinajstić information content (AvgIpc) is 3.13. The summed E-state index contributed by atoms with van der Waals surface area (Å²) < 4.78 is 0. The lowest BCUT2D eigenvalue weighted by Crippen LogP contribution is -2.39. The number of carbonyl (C=O) groups excluding carboxylic acids is 1. The monoisotopic (exact) mass is 246 g/mol. The molecule has 0 bridgehead atoms. The summed E-state index contributed by atoms with van der Waals surface area (Å²) in [6.45, 7) is 6.24. The first-order valence-corrected chi connectivity index (χ1v) is 6.73. The molecular formula is C15H22N2O. The second kappa shape index (κ2) is 5.53. The molecule has 2 N–H and O–H groups in total. The zero-order valence-electron chi connectivity index (χ0n) is 11.4. The van der Waals surface area contributed by atoms with Crippen LogP contribution in [0.2, 0.25) is 0 Å². The van der Waals surface area contributed by atoms with Gasteiger partial charge in [-0.15, -0.1) is 0 Å². The Kier molecular flexibility index (Phi) is 4.02. The van der Waals surface area contributed by atoms with Crippen LogP contribution in [-0.4, -0.2) is 18.0 Å². The van der Waals surface area contributed by atoms with E-state index in [-0.39, 0.29) is 11.9 Å². The smallest absolute Gasteiger partial charge is 0.241 e. The van der Waals surface area contributed by atoms with Crippen LogP contribution >= 0.6 is 0 Å². The van der Waals surface area contributed by atoms with E-state index >= 15 is 0 Å². The highest BCUT2D eigenvalue weighted by Crippen LogP contribution is 2.20. The molecule has 1 unspecified atom stereocenters. The van der Waals surface area contributed by atoms with Crippen molar-refractivity contribution in [3.8, 4) is 0 Å². The summed E-state index contributed by atoms with van der Waals surface area (Å²) in [4.78, 5) is 11.9. The fraction of sp³-hybridized carbons (Fsp3) is 0.533. The van der Waals surface area contributed by atoms with Crippen molar-refractivity contribution in [1.82, 2.24) is 5.32 Å². The van der Waals surface area contributed by atoms with E-state index < -0.39 is 0 Å². The zero-order valence-corrected chi connectivity index (χ0v) is 11.4. The first-order chi connectivity index (χ1) is 8.56. The molecule has 2 rings (SSSR count).